The third-order valence-corrected chi connectivity index (χ3v) is 6.04. The van der Waals surface area contributed by atoms with Gasteiger partial charge in [0.15, 0.2) is 0 Å². The van der Waals surface area contributed by atoms with E-state index >= 15 is 0 Å². The van der Waals surface area contributed by atoms with Crippen molar-refractivity contribution in [2.45, 2.75) is 70.2 Å². The molecule has 1 aromatic carbocycles. The maximum absolute atomic E-state index is 10.8. The molecule has 176 valence electrons. The standard InChI is InChI=1S/C24H30O5.CH2Cl2/c1-3-4-7-15(2)19(25)13-12-17-20(26)14-21-23(17)18-10-5-8-16(24(18)29-21)9-6-11-22(27)28;2-1-3/h5,8,10,12-13,15,17,19-21,23,25-26H,6-7,9,11,14H2,1-2H3,(H,27,28);1H2/b13-12+;/t15?,17-,19+,20+,21-,23-;/m0./s1. The lowest BCUT2D eigenvalue weighted by Gasteiger charge is -2.19. The van der Waals surface area contributed by atoms with Crippen LogP contribution >= 0.6 is 23.2 Å². The van der Waals surface area contributed by atoms with E-state index in [0.29, 0.717) is 25.7 Å². The van der Waals surface area contributed by atoms with Gasteiger partial charge in [-0.05, 0) is 31.2 Å². The maximum Gasteiger partial charge on any atom is 0.303 e. The van der Waals surface area contributed by atoms with Crippen molar-refractivity contribution in [3.8, 4) is 17.6 Å². The number of hydrogen-bond acceptors (Lipinski definition) is 4. The summed E-state index contributed by atoms with van der Waals surface area (Å²) in [5.74, 6) is 5.87. The van der Waals surface area contributed by atoms with Gasteiger partial charge in [-0.1, -0.05) is 37.3 Å². The highest BCUT2D eigenvalue weighted by molar-refractivity contribution is 6.40. The van der Waals surface area contributed by atoms with Gasteiger partial charge in [-0.2, -0.15) is 0 Å². The largest absolute Gasteiger partial charge is 0.489 e. The fraction of sp³-hybridized carbons (Fsp3) is 0.560. The average molecular weight is 483 g/mol. The molecular formula is C25H32Cl2O5. The first-order chi connectivity index (χ1) is 15.3. The Bertz CT molecular complexity index is 844. The number of para-hydroxylation sites is 1. The maximum atomic E-state index is 10.8. The monoisotopic (exact) mass is 482 g/mol. The van der Waals surface area contributed by atoms with Gasteiger partial charge < -0.3 is 20.1 Å². The van der Waals surface area contributed by atoms with Crippen LogP contribution in [0.4, 0.5) is 0 Å². The molecule has 1 fully saturated rings. The molecule has 1 unspecified atom stereocenters. The number of hydrogen-bond donors (Lipinski definition) is 3. The molecule has 1 aromatic rings. The number of rotatable bonds is 8. The van der Waals surface area contributed by atoms with Crippen molar-refractivity contribution in [1.82, 2.24) is 0 Å². The summed E-state index contributed by atoms with van der Waals surface area (Å²) in [5, 5.41) is 30.1. The molecule has 0 bridgehead atoms. The Balaban J connectivity index is 0.00000114. The zero-order chi connectivity index (χ0) is 23.7. The Labute approximate surface area is 200 Å². The fourth-order valence-electron chi connectivity index (χ4n) is 4.41. The molecule has 2 aliphatic rings. The molecule has 1 aliphatic carbocycles. The van der Waals surface area contributed by atoms with Crippen molar-refractivity contribution in [3.05, 3.63) is 41.5 Å². The van der Waals surface area contributed by atoms with Gasteiger partial charge in [0.1, 0.15) is 11.9 Å². The lowest BCUT2D eigenvalue weighted by atomic mass is 9.86. The van der Waals surface area contributed by atoms with Gasteiger partial charge in [-0.25, -0.2) is 0 Å². The van der Waals surface area contributed by atoms with E-state index in [9.17, 15) is 15.0 Å². The van der Waals surface area contributed by atoms with Gasteiger partial charge >= 0.3 is 5.97 Å². The van der Waals surface area contributed by atoms with Crippen LogP contribution in [0.2, 0.25) is 0 Å². The van der Waals surface area contributed by atoms with Gasteiger partial charge in [0, 0.05) is 36.7 Å². The highest BCUT2D eigenvalue weighted by Gasteiger charge is 2.48. The number of fused-ring (bicyclic) bond motifs is 3. The molecule has 0 radical (unpaired) electrons. The number of carboxylic acid groups (broad SMARTS) is 1. The molecule has 3 rings (SSSR count). The molecule has 0 saturated heterocycles. The van der Waals surface area contributed by atoms with Crippen molar-refractivity contribution < 1.29 is 24.9 Å². The van der Waals surface area contributed by atoms with Crippen LogP contribution in [0, 0.1) is 23.7 Å². The molecule has 0 amide bonds. The highest BCUT2D eigenvalue weighted by Crippen LogP contribution is 2.52. The van der Waals surface area contributed by atoms with Gasteiger partial charge in [-0.15, -0.1) is 35.0 Å². The minimum Gasteiger partial charge on any atom is -0.489 e. The lowest BCUT2D eigenvalue weighted by Crippen LogP contribution is -2.19. The summed E-state index contributed by atoms with van der Waals surface area (Å²) in [7, 11) is 0. The van der Waals surface area contributed by atoms with Crippen molar-refractivity contribution in [3.63, 3.8) is 0 Å². The fourth-order valence-corrected chi connectivity index (χ4v) is 4.41. The van der Waals surface area contributed by atoms with Crippen LogP contribution < -0.4 is 4.74 Å². The molecule has 0 aromatic heterocycles. The average Bonchev–Trinajstić information content (AvgIpc) is 3.25. The lowest BCUT2D eigenvalue weighted by molar-refractivity contribution is -0.137. The van der Waals surface area contributed by atoms with Gasteiger partial charge in [-0.3, -0.25) is 4.79 Å². The molecule has 1 saturated carbocycles. The molecule has 32 heavy (non-hydrogen) atoms. The quantitative estimate of drug-likeness (QED) is 0.283. The summed E-state index contributed by atoms with van der Waals surface area (Å²) in [4.78, 5) is 10.8. The van der Waals surface area contributed by atoms with Gasteiger partial charge in [0.2, 0.25) is 0 Å². The van der Waals surface area contributed by atoms with Crippen molar-refractivity contribution in [2.24, 2.45) is 11.8 Å². The number of ether oxygens (including phenoxy) is 1. The molecule has 3 N–H and O–H groups in total. The number of alkyl halides is 2. The van der Waals surface area contributed by atoms with E-state index in [4.69, 9.17) is 33.0 Å². The van der Waals surface area contributed by atoms with E-state index < -0.39 is 18.2 Å². The highest BCUT2D eigenvalue weighted by atomic mass is 35.5. The minimum atomic E-state index is -0.790. The second-order valence-corrected chi connectivity index (χ2v) is 9.04. The normalized spacial score (nSPS) is 24.9. The number of halogens is 2. The van der Waals surface area contributed by atoms with E-state index in [1.807, 2.05) is 31.2 Å². The van der Waals surface area contributed by atoms with Crippen LogP contribution in [0.15, 0.2) is 30.4 Å². The second kappa shape index (κ2) is 13.1. The molecular weight excluding hydrogens is 451 g/mol. The summed E-state index contributed by atoms with van der Waals surface area (Å²) in [6, 6.07) is 6.01. The van der Waals surface area contributed by atoms with Crippen LogP contribution in [0.5, 0.6) is 5.75 Å². The third-order valence-electron chi connectivity index (χ3n) is 6.04. The van der Waals surface area contributed by atoms with Gasteiger partial charge in [0.05, 0.1) is 17.5 Å². The minimum absolute atomic E-state index is 0.0287. The number of carbonyl (C=O) groups is 1. The zero-order valence-corrected chi connectivity index (χ0v) is 20.0. The summed E-state index contributed by atoms with van der Waals surface area (Å²) in [6.45, 7) is 3.75. The number of aliphatic hydroxyl groups is 2. The molecule has 1 aliphatic heterocycles. The number of aliphatic carboxylic acids is 1. The number of aliphatic hydroxyl groups excluding tert-OH is 2. The van der Waals surface area contributed by atoms with E-state index in [1.54, 1.807) is 13.0 Å². The first-order valence-corrected chi connectivity index (χ1v) is 12.0. The first-order valence-electron chi connectivity index (χ1n) is 10.9. The molecule has 7 heteroatoms. The predicted molar refractivity (Wildman–Crippen MR) is 127 cm³/mol. The van der Waals surface area contributed by atoms with Crippen LogP contribution in [-0.2, 0) is 11.2 Å². The second-order valence-electron chi connectivity index (χ2n) is 8.23. The number of carboxylic acids is 1. The van der Waals surface area contributed by atoms with E-state index in [2.05, 4.69) is 11.8 Å². The number of benzene rings is 1. The summed E-state index contributed by atoms with van der Waals surface area (Å²) in [6.07, 6.45) is 5.07. The molecule has 0 spiro atoms. The van der Waals surface area contributed by atoms with Crippen molar-refractivity contribution in [2.75, 3.05) is 5.34 Å². The van der Waals surface area contributed by atoms with Gasteiger partial charge in [0.25, 0.3) is 0 Å². The predicted octanol–water partition coefficient (Wildman–Crippen LogP) is 4.71. The van der Waals surface area contributed by atoms with Crippen LogP contribution in [0.25, 0.3) is 0 Å². The Hall–Kier alpha value is -1.71. The van der Waals surface area contributed by atoms with Crippen molar-refractivity contribution in [1.29, 1.82) is 0 Å². The third kappa shape index (κ3) is 6.89. The smallest absolute Gasteiger partial charge is 0.303 e. The van der Waals surface area contributed by atoms with E-state index in [0.717, 1.165) is 16.9 Å². The Morgan fingerprint density at radius 1 is 1.38 bits per heavy atom. The van der Waals surface area contributed by atoms with Crippen molar-refractivity contribution >= 4 is 29.2 Å². The molecule has 6 atom stereocenters. The Morgan fingerprint density at radius 2 is 2.09 bits per heavy atom. The Kier molecular flexibility index (Phi) is 10.9. The Morgan fingerprint density at radius 3 is 2.75 bits per heavy atom. The summed E-state index contributed by atoms with van der Waals surface area (Å²) >= 11 is 9.53. The number of aryl methyl sites for hydroxylation is 1. The zero-order valence-electron chi connectivity index (χ0n) is 18.5. The summed E-state index contributed by atoms with van der Waals surface area (Å²) in [5.41, 5.74) is 2.11. The first kappa shape index (κ1) is 26.5. The van der Waals surface area contributed by atoms with Crippen LogP contribution in [-0.4, -0.2) is 44.9 Å². The summed E-state index contributed by atoms with van der Waals surface area (Å²) < 4.78 is 6.21. The SMILES string of the molecule is CC#CCC(C)[C@H](O)/C=C/[C@@H]1[C@H]2c3cccc(CCCC(=O)O)c3O[C@H]2C[C@H]1O.ClCCl. The van der Waals surface area contributed by atoms with Crippen LogP contribution in [0.1, 0.15) is 56.6 Å². The van der Waals surface area contributed by atoms with E-state index in [1.165, 1.54) is 0 Å². The topological polar surface area (TPSA) is 87.0 Å². The molecule has 1 heterocycles. The molecule has 5 nitrogen and oxygen atoms in total. The van der Waals surface area contributed by atoms with E-state index in [-0.39, 0.29) is 35.6 Å². The van der Waals surface area contributed by atoms with Crippen LogP contribution in [0.3, 0.4) is 0 Å².